The van der Waals surface area contributed by atoms with Crippen molar-refractivity contribution in [1.82, 2.24) is 29.6 Å². The number of rotatable bonds is 10. The number of carbonyl (C=O) groups is 1. The summed E-state index contributed by atoms with van der Waals surface area (Å²) in [6, 6.07) is 11.7. The Bertz CT molecular complexity index is 2190. The lowest BCUT2D eigenvalue weighted by Gasteiger charge is -2.20. The van der Waals surface area contributed by atoms with Gasteiger partial charge in [0.2, 0.25) is 5.88 Å². The molecule has 1 aliphatic heterocycles. The SMILES string of the molecule is CCOC(=O)C1[C@H]2CN(Cc3ncc(-c4cccc(-c5cccc(Nc6nc(C(F)F)cc7cnn(C)c(=O)c67)c5Cl)c4Cl)nc3OC)C[C@@H]12. The summed E-state index contributed by atoms with van der Waals surface area (Å²) >= 11 is 13.9. The Morgan fingerprint density at radius 2 is 1.74 bits per heavy atom. The molecule has 11 nitrogen and oxygen atoms in total. The largest absolute Gasteiger partial charge is 0.480 e. The minimum Gasteiger partial charge on any atom is -0.480 e. The molecule has 2 aliphatic rings. The van der Waals surface area contributed by atoms with Crippen molar-refractivity contribution in [2.24, 2.45) is 24.8 Å². The van der Waals surface area contributed by atoms with Crippen molar-refractivity contribution in [1.29, 1.82) is 0 Å². The van der Waals surface area contributed by atoms with Crippen molar-refractivity contribution >= 4 is 51.4 Å². The van der Waals surface area contributed by atoms with E-state index in [1.807, 2.05) is 19.1 Å². The molecule has 0 amide bonds. The summed E-state index contributed by atoms with van der Waals surface area (Å²) in [6.07, 6.45) is 0.0999. The highest BCUT2D eigenvalue weighted by Crippen LogP contribution is 2.52. The van der Waals surface area contributed by atoms with Crippen LogP contribution in [0.15, 0.2) is 59.7 Å². The number of fused-ring (bicyclic) bond motifs is 2. The fourth-order valence-electron chi connectivity index (χ4n) is 6.72. The fourth-order valence-corrected chi connectivity index (χ4v) is 7.32. The summed E-state index contributed by atoms with van der Waals surface area (Å²) in [5, 5.41) is 7.83. The van der Waals surface area contributed by atoms with Crippen LogP contribution in [-0.4, -0.2) is 62.4 Å². The van der Waals surface area contributed by atoms with Gasteiger partial charge in [-0.25, -0.2) is 23.4 Å². The van der Waals surface area contributed by atoms with E-state index in [0.29, 0.717) is 69.7 Å². The van der Waals surface area contributed by atoms with E-state index < -0.39 is 17.7 Å². The van der Waals surface area contributed by atoms with Gasteiger partial charge in [0.25, 0.3) is 12.0 Å². The van der Waals surface area contributed by atoms with Crippen molar-refractivity contribution < 1.29 is 23.0 Å². The van der Waals surface area contributed by atoms with Gasteiger partial charge < -0.3 is 14.8 Å². The number of pyridine rings is 1. The molecule has 1 N–H and O–H groups in total. The molecule has 50 heavy (non-hydrogen) atoms. The third kappa shape index (κ3) is 6.14. The number of halogens is 4. The van der Waals surface area contributed by atoms with E-state index in [-0.39, 0.29) is 33.5 Å². The molecule has 0 radical (unpaired) electrons. The standard InChI is InChI=1S/C35H31Cl2F2N7O4/c1-4-50-35(48)28-21-14-46(15-22(21)28)16-26-33(49-3)44-25(13-40-26)20-9-5-7-18(29(20)36)19-8-6-10-23(30(19)37)42-32-27-17(11-24(43-32)31(38)39)12-41-45(2)34(27)47/h5-13,21-22,28,31H,4,14-16H2,1-3H3,(H,42,43)/t21-,22+,28?. The number of benzene rings is 2. The number of esters is 1. The lowest BCUT2D eigenvalue weighted by molar-refractivity contribution is -0.145. The number of piperidine rings is 1. The first-order valence-corrected chi connectivity index (χ1v) is 16.6. The molecule has 2 aromatic carbocycles. The van der Waals surface area contributed by atoms with E-state index in [1.165, 1.54) is 20.4 Å². The van der Waals surface area contributed by atoms with E-state index in [4.69, 9.17) is 37.7 Å². The smallest absolute Gasteiger partial charge is 0.309 e. The van der Waals surface area contributed by atoms with Crippen LogP contribution in [0.3, 0.4) is 0 Å². The number of aryl methyl sites for hydroxylation is 1. The lowest BCUT2D eigenvalue weighted by Crippen LogP contribution is -2.27. The van der Waals surface area contributed by atoms with Crippen LogP contribution in [-0.2, 0) is 23.1 Å². The fraction of sp³-hybridized carbons (Fsp3) is 0.314. The highest BCUT2D eigenvalue weighted by Gasteiger charge is 2.60. The Balaban J connectivity index is 1.16. The van der Waals surface area contributed by atoms with Crippen LogP contribution >= 0.6 is 23.2 Å². The number of methoxy groups -OCH3 is 1. The van der Waals surface area contributed by atoms with Gasteiger partial charge in [-0.05, 0) is 30.9 Å². The van der Waals surface area contributed by atoms with Gasteiger partial charge in [-0.2, -0.15) is 5.10 Å². The van der Waals surface area contributed by atoms with Crippen LogP contribution in [0, 0.1) is 17.8 Å². The van der Waals surface area contributed by atoms with Crippen molar-refractivity contribution in [2.45, 2.75) is 19.9 Å². The van der Waals surface area contributed by atoms with Gasteiger partial charge in [-0.15, -0.1) is 0 Å². The van der Waals surface area contributed by atoms with Gasteiger partial charge in [0.15, 0.2) is 0 Å². The van der Waals surface area contributed by atoms with Crippen LogP contribution in [0.1, 0.15) is 24.7 Å². The van der Waals surface area contributed by atoms with Crippen LogP contribution in [0.4, 0.5) is 20.3 Å². The summed E-state index contributed by atoms with van der Waals surface area (Å²) in [5.41, 5.74) is 2.16. The Morgan fingerprint density at radius 1 is 1.04 bits per heavy atom. The molecule has 1 aliphatic carbocycles. The summed E-state index contributed by atoms with van der Waals surface area (Å²) in [7, 11) is 3.00. The summed E-state index contributed by atoms with van der Waals surface area (Å²) in [4.78, 5) is 40.9. The molecule has 3 atom stereocenters. The van der Waals surface area contributed by atoms with Crippen molar-refractivity contribution in [3.63, 3.8) is 0 Å². The normalized spacial score (nSPS) is 18.4. The highest BCUT2D eigenvalue weighted by atomic mass is 35.5. The number of anilines is 2. The molecule has 4 heterocycles. The molecule has 3 aromatic heterocycles. The van der Waals surface area contributed by atoms with Gasteiger partial charge in [0.05, 0.1) is 58.8 Å². The maximum Gasteiger partial charge on any atom is 0.309 e. The molecule has 7 rings (SSSR count). The second-order valence-corrected chi connectivity index (χ2v) is 13.0. The van der Waals surface area contributed by atoms with Gasteiger partial charge >= 0.3 is 5.97 Å². The second-order valence-electron chi connectivity index (χ2n) is 12.2. The van der Waals surface area contributed by atoms with E-state index >= 15 is 0 Å². The predicted molar refractivity (Wildman–Crippen MR) is 185 cm³/mol. The molecule has 258 valence electrons. The number of ether oxygens (including phenoxy) is 2. The van der Waals surface area contributed by atoms with Crippen molar-refractivity contribution in [2.75, 3.05) is 32.1 Å². The van der Waals surface area contributed by atoms with E-state index in [9.17, 15) is 18.4 Å². The molecule has 0 bridgehead atoms. The zero-order valence-electron chi connectivity index (χ0n) is 27.2. The highest BCUT2D eigenvalue weighted by molar-refractivity contribution is 6.39. The van der Waals surface area contributed by atoms with Crippen LogP contribution in [0.2, 0.25) is 10.0 Å². The maximum atomic E-state index is 13.7. The van der Waals surface area contributed by atoms with Crippen molar-refractivity contribution in [3.05, 3.63) is 86.6 Å². The number of hydrogen-bond donors (Lipinski definition) is 1. The molecule has 1 saturated heterocycles. The Kier molecular flexibility index (Phi) is 9.14. The molecule has 1 saturated carbocycles. The van der Waals surface area contributed by atoms with Crippen LogP contribution < -0.4 is 15.6 Å². The first-order valence-electron chi connectivity index (χ1n) is 15.9. The van der Waals surface area contributed by atoms with Crippen LogP contribution in [0.5, 0.6) is 5.88 Å². The molecule has 2 fully saturated rings. The molecule has 0 spiro atoms. The lowest BCUT2D eigenvalue weighted by atomic mass is 10.0. The molecular weight excluding hydrogens is 691 g/mol. The topological polar surface area (TPSA) is 124 Å². The van der Waals surface area contributed by atoms with E-state index in [2.05, 4.69) is 25.3 Å². The number of hydrogen-bond acceptors (Lipinski definition) is 10. The van der Waals surface area contributed by atoms with Gasteiger partial charge in [0, 0.05) is 48.8 Å². The second kappa shape index (κ2) is 13.5. The third-order valence-electron chi connectivity index (χ3n) is 9.19. The summed E-state index contributed by atoms with van der Waals surface area (Å²) in [5.74, 6) is 0.771. The number of carbonyl (C=O) groups excluding carboxylic acids is 1. The average Bonchev–Trinajstić information content (AvgIpc) is 3.62. The van der Waals surface area contributed by atoms with E-state index in [1.54, 1.807) is 30.5 Å². The molecule has 1 unspecified atom stereocenters. The number of nitrogens with zero attached hydrogens (tertiary/aromatic N) is 6. The number of likely N-dealkylation sites (tertiary alicyclic amines) is 1. The van der Waals surface area contributed by atoms with Crippen molar-refractivity contribution in [3.8, 4) is 28.3 Å². The molecule has 5 aromatic rings. The Morgan fingerprint density at radius 3 is 2.44 bits per heavy atom. The maximum absolute atomic E-state index is 13.7. The van der Waals surface area contributed by atoms with Gasteiger partial charge in [-0.3, -0.25) is 19.5 Å². The Hall–Kier alpha value is -4.72. The van der Waals surface area contributed by atoms with Gasteiger partial charge in [-0.1, -0.05) is 53.5 Å². The number of nitrogens with one attached hydrogen (secondary N) is 1. The Labute approximate surface area is 295 Å². The average molecular weight is 723 g/mol. The monoisotopic (exact) mass is 721 g/mol. The zero-order chi connectivity index (χ0) is 35.3. The quantitative estimate of drug-likeness (QED) is 0.156. The minimum atomic E-state index is -2.88. The van der Waals surface area contributed by atoms with Gasteiger partial charge in [0.1, 0.15) is 17.2 Å². The minimum absolute atomic E-state index is 0.0131. The summed E-state index contributed by atoms with van der Waals surface area (Å²) < 4.78 is 39.4. The zero-order valence-corrected chi connectivity index (χ0v) is 28.7. The summed E-state index contributed by atoms with van der Waals surface area (Å²) in [6.45, 7) is 4.29. The first kappa shape index (κ1) is 33.8. The molecular formula is C35H31Cl2F2N7O4. The number of alkyl halides is 2. The first-order chi connectivity index (χ1) is 24.1. The van der Waals surface area contributed by atoms with E-state index in [0.717, 1.165) is 23.8 Å². The number of aromatic nitrogens is 5. The van der Waals surface area contributed by atoms with Crippen LogP contribution in [0.25, 0.3) is 33.2 Å². The molecule has 15 heteroatoms. The third-order valence-corrected chi connectivity index (χ3v) is 10.0. The predicted octanol–water partition coefficient (Wildman–Crippen LogP) is 6.69.